The van der Waals surface area contributed by atoms with Gasteiger partial charge in [0.2, 0.25) is 5.91 Å². The van der Waals surface area contributed by atoms with E-state index < -0.39 is 0 Å². The van der Waals surface area contributed by atoms with Crippen molar-refractivity contribution in [3.05, 3.63) is 69.9 Å². The van der Waals surface area contributed by atoms with Crippen molar-refractivity contribution in [3.8, 4) is 0 Å². The van der Waals surface area contributed by atoms with E-state index in [1.165, 1.54) is 15.4 Å². The van der Waals surface area contributed by atoms with E-state index in [-0.39, 0.29) is 18.1 Å². The maximum Gasteiger partial charge on any atom is 0.352 e. The summed E-state index contributed by atoms with van der Waals surface area (Å²) >= 11 is 0. The van der Waals surface area contributed by atoms with Gasteiger partial charge in [-0.1, -0.05) is 36.8 Å². The second-order valence-corrected chi connectivity index (χ2v) is 6.91. The Balaban J connectivity index is 1.70. The first kappa shape index (κ1) is 17.9. The molecule has 0 bridgehead atoms. The number of carbonyl (C=O) groups excluding carboxylic acids is 1. The van der Waals surface area contributed by atoms with E-state index in [1.54, 1.807) is 0 Å². The molecule has 0 unspecified atom stereocenters. The average molecular weight is 375 g/mol. The third kappa shape index (κ3) is 3.05. The minimum atomic E-state index is -0.387. The maximum absolute atomic E-state index is 12.7. The molecular formula is C21H21N5O2. The van der Waals surface area contributed by atoms with Crippen molar-refractivity contribution in [1.29, 1.82) is 0 Å². The largest absolute Gasteiger partial charge is 0.352 e. The van der Waals surface area contributed by atoms with Crippen LogP contribution in [0, 0.1) is 13.8 Å². The molecule has 1 amide bonds. The van der Waals surface area contributed by atoms with Crippen LogP contribution in [-0.2, 0) is 17.8 Å². The number of anilines is 1. The van der Waals surface area contributed by atoms with Gasteiger partial charge in [0, 0.05) is 11.1 Å². The predicted molar refractivity (Wildman–Crippen MR) is 109 cm³/mol. The molecule has 2 heterocycles. The SMILES string of the molecule is CCc1cccc(C)c1NC(=O)Cn1nc2c3cc(C)ccc3ncn2c1=O. The van der Waals surface area contributed by atoms with Crippen LogP contribution in [0.4, 0.5) is 5.69 Å². The summed E-state index contributed by atoms with van der Waals surface area (Å²) in [6.45, 7) is 5.80. The van der Waals surface area contributed by atoms with E-state index in [2.05, 4.69) is 15.4 Å². The van der Waals surface area contributed by atoms with Gasteiger partial charge < -0.3 is 5.32 Å². The van der Waals surface area contributed by atoms with Crippen molar-refractivity contribution in [2.45, 2.75) is 33.7 Å². The van der Waals surface area contributed by atoms with E-state index >= 15 is 0 Å². The molecule has 0 fully saturated rings. The summed E-state index contributed by atoms with van der Waals surface area (Å²) in [6.07, 6.45) is 2.26. The molecule has 4 aromatic rings. The summed E-state index contributed by atoms with van der Waals surface area (Å²) in [7, 11) is 0. The Morgan fingerprint density at radius 1 is 1.18 bits per heavy atom. The summed E-state index contributed by atoms with van der Waals surface area (Å²) < 4.78 is 2.55. The lowest BCUT2D eigenvalue weighted by Gasteiger charge is -2.12. The Morgan fingerprint density at radius 2 is 2.00 bits per heavy atom. The van der Waals surface area contributed by atoms with Crippen molar-refractivity contribution in [3.63, 3.8) is 0 Å². The molecule has 7 heteroatoms. The van der Waals surface area contributed by atoms with E-state index in [1.807, 2.05) is 57.2 Å². The number of amides is 1. The highest BCUT2D eigenvalue weighted by Crippen LogP contribution is 2.21. The second kappa shape index (κ2) is 6.92. The van der Waals surface area contributed by atoms with Gasteiger partial charge in [-0.25, -0.2) is 18.9 Å². The molecular weight excluding hydrogens is 354 g/mol. The molecule has 1 N–H and O–H groups in total. The zero-order valence-corrected chi connectivity index (χ0v) is 16.1. The fraction of sp³-hybridized carbons (Fsp3) is 0.238. The predicted octanol–water partition coefficient (Wildman–Crippen LogP) is 2.86. The standard InChI is InChI=1S/C21H21N5O2/c1-4-15-7-5-6-14(3)19(15)23-18(27)11-26-21(28)25-12-22-17-9-8-13(2)10-16(17)20(25)24-26/h5-10,12H,4,11H2,1-3H3,(H,23,27). The van der Waals surface area contributed by atoms with E-state index in [0.717, 1.165) is 39.7 Å². The Hall–Kier alpha value is -3.48. The summed E-state index contributed by atoms with van der Waals surface area (Å²) in [5.41, 5.74) is 4.76. The Labute approximate surface area is 161 Å². The molecule has 4 rings (SSSR count). The smallest absolute Gasteiger partial charge is 0.324 e. The van der Waals surface area contributed by atoms with Crippen LogP contribution in [-0.4, -0.2) is 25.1 Å². The summed E-state index contributed by atoms with van der Waals surface area (Å²) in [5, 5.41) is 8.11. The first-order valence-corrected chi connectivity index (χ1v) is 9.21. The van der Waals surface area contributed by atoms with Gasteiger partial charge in [-0.15, -0.1) is 5.10 Å². The van der Waals surface area contributed by atoms with Crippen LogP contribution < -0.4 is 11.0 Å². The molecule has 2 aromatic carbocycles. The number of rotatable bonds is 4. The van der Waals surface area contributed by atoms with Gasteiger partial charge in [-0.3, -0.25) is 4.79 Å². The van der Waals surface area contributed by atoms with Crippen molar-refractivity contribution in [2.24, 2.45) is 0 Å². The first-order valence-electron chi connectivity index (χ1n) is 9.21. The number of nitrogens with one attached hydrogen (secondary N) is 1. The zero-order chi connectivity index (χ0) is 19.8. The van der Waals surface area contributed by atoms with E-state index in [9.17, 15) is 9.59 Å². The molecule has 0 aliphatic heterocycles. The van der Waals surface area contributed by atoms with Crippen LogP contribution >= 0.6 is 0 Å². The van der Waals surface area contributed by atoms with Gasteiger partial charge in [-0.2, -0.15) is 0 Å². The minimum absolute atomic E-state index is 0.161. The van der Waals surface area contributed by atoms with Crippen molar-refractivity contribution in [1.82, 2.24) is 19.2 Å². The second-order valence-electron chi connectivity index (χ2n) is 6.91. The van der Waals surface area contributed by atoms with E-state index in [4.69, 9.17) is 0 Å². The molecule has 0 saturated carbocycles. The lowest BCUT2D eigenvalue weighted by Crippen LogP contribution is -2.28. The number of hydrogen-bond acceptors (Lipinski definition) is 4. The third-order valence-electron chi connectivity index (χ3n) is 4.87. The Kier molecular flexibility index (Phi) is 4.43. The van der Waals surface area contributed by atoms with E-state index in [0.29, 0.717) is 5.65 Å². The summed E-state index contributed by atoms with van der Waals surface area (Å²) in [5.74, 6) is -0.289. The van der Waals surface area contributed by atoms with Crippen LogP contribution in [0.15, 0.2) is 47.5 Å². The number of para-hydroxylation sites is 1. The van der Waals surface area contributed by atoms with Crippen LogP contribution in [0.25, 0.3) is 16.6 Å². The van der Waals surface area contributed by atoms with Crippen LogP contribution in [0.3, 0.4) is 0 Å². The number of benzene rings is 2. The number of aromatic nitrogens is 4. The number of hydrogen-bond donors (Lipinski definition) is 1. The lowest BCUT2D eigenvalue weighted by atomic mass is 10.1. The fourth-order valence-corrected chi connectivity index (χ4v) is 3.39. The quantitative estimate of drug-likeness (QED) is 0.595. The fourth-order valence-electron chi connectivity index (χ4n) is 3.39. The topological polar surface area (TPSA) is 81.3 Å². The molecule has 2 aromatic heterocycles. The van der Waals surface area contributed by atoms with Crippen LogP contribution in [0.2, 0.25) is 0 Å². The molecule has 0 aliphatic rings. The molecule has 0 atom stereocenters. The Bertz CT molecular complexity index is 1270. The van der Waals surface area contributed by atoms with Crippen LogP contribution in [0.1, 0.15) is 23.6 Å². The number of aryl methyl sites for hydroxylation is 3. The lowest BCUT2D eigenvalue weighted by molar-refractivity contribution is -0.117. The average Bonchev–Trinajstić information content (AvgIpc) is 2.99. The summed E-state index contributed by atoms with van der Waals surface area (Å²) in [4.78, 5) is 29.6. The van der Waals surface area contributed by atoms with Gasteiger partial charge in [0.25, 0.3) is 0 Å². The van der Waals surface area contributed by atoms with Gasteiger partial charge in [0.1, 0.15) is 12.9 Å². The minimum Gasteiger partial charge on any atom is -0.324 e. The molecule has 0 spiro atoms. The van der Waals surface area contributed by atoms with Crippen molar-refractivity contribution in [2.75, 3.05) is 5.32 Å². The van der Waals surface area contributed by atoms with Crippen molar-refractivity contribution >= 4 is 28.1 Å². The summed E-state index contributed by atoms with van der Waals surface area (Å²) in [6, 6.07) is 11.7. The highest BCUT2D eigenvalue weighted by atomic mass is 16.2. The highest BCUT2D eigenvalue weighted by molar-refractivity contribution is 5.93. The van der Waals surface area contributed by atoms with Gasteiger partial charge in [-0.05, 0) is 43.5 Å². The normalized spacial score (nSPS) is 11.2. The zero-order valence-electron chi connectivity index (χ0n) is 16.1. The first-order chi connectivity index (χ1) is 13.5. The third-order valence-corrected chi connectivity index (χ3v) is 4.87. The molecule has 28 heavy (non-hydrogen) atoms. The van der Waals surface area contributed by atoms with Gasteiger partial charge >= 0.3 is 5.69 Å². The maximum atomic E-state index is 12.7. The number of carbonyl (C=O) groups is 1. The molecule has 142 valence electrons. The Morgan fingerprint density at radius 3 is 2.79 bits per heavy atom. The molecule has 0 aliphatic carbocycles. The van der Waals surface area contributed by atoms with Crippen molar-refractivity contribution < 1.29 is 4.79 Å². The molecule has 0 radical (unpaired) electrons. The van der Waals surface area contributed by atoms with Gasteiger partial charge in [0.05, 0.1) is 5.52 Å². The number of fused-ring (bicyclic) bond motifs is 3. The van der Waals surface area contributed by atoms with Gasteiger partial charge in [0.15, 0.2) is 5.65 Å². The molecule has 0 saturated heterocycles. The van der Waals surface area contributed by atoms with Crippen LogP contribution in [0.5, 0.6) is 0 Å². The molecule has 7 nitrogen and oxygen atoms in total. The highest BCUT2D eigenvalue weighted by Gasteiger charge is 2.15. The number of nitrogens with zero attached hydrogens (tertiary/aromatic N) is 4. The monoisotopic (exact) mass is 375 g/mol.